The molecule has 5 rings (SSSR count). The predicted octanol–water partition coefficient (Wildman–Crippen LogP) is 3.93. The molecular weight excluding hydrogens is 310 g/mol. The summed E-state index contributed by atoms with van der Waals surface area (Å²) in [7, 11) is 1.74. The molecule has 1 aliphatic carbocycles. The number of hydrogen-bond donors (Lipinski definition) is 0. The Morgan fingerprint density at radius 3 is 2.84 bits per heavy atom. The number of hydrogen-bond acceptors (Lipinski definition) is 4. The zero-order valence-electron chi connectivity index (χ0n) is 15.0. The second-order valence-electron chi connectivity index (χ2n) is 7.83. The summed E-state index contributed by atoms with van der Waals surface area (Å²) in [6.07, 6.45) is 8.27. The van der Waals surface area contributed by atoms with Crippen LogP contribution in [0.15, 0.2) is 24.4 Å². The van der Waals surface area contributed by atoms with Gasteiger partial charge in [0, 0.05) is 42.7 Å². The van der Waals surface area contributed by atoms with Crippen LogP contribution in [0, 0.1) is 6.92 Å². The van der Waals surface area contributed by atoms with E-state index in [0.29, 0.717) is 18.0 Å². The number of benzene rings is 1. The van der Waals surface area contributed by atoms with Crippen molar-refractivity contribution in [3.8, 4) is 5.75 Å². The molecular formula is C21H25N3O. The molecule has 4 nitrogen and oxygen atoms in total. The number of rotatable bonds is 4. The molecule has 2 fully saturated rings. The van der Waals surface area contributed by atoms with Crippen molar-refractivity contribution in [1.29, 1.82) is 0 Å². The van der Waals surface area contributed by atoms with E-state index in [1.54, 1.807) is 7.11 Å². The third kappa shape index (κ3) is 2.63. The molecule has 3 heterocycles. The molecule has 4 heteroatoms. The summed E-state index contributed by atoms with van der Waals surface area (Å²) in [5.41, 5.74) is 5.28. The van der Waals surface area contributed by atoms with Crippen LogP contribution >= 0.6 is 0 Å². The number of fused-ring (bicyclic) bond motifs is 4. The maximum absolute atomic E-state index is 5.40. The molecule has 1 saturated carbocycles. The monoisotopic (exact) mass is 335 g/mol. The van der Waals surface area contributed by atoms with Crippen LogP contribution in [-0.4, -0.2) is 28.0 Å². The first kappa shape index (κ1) is 15.3. The minimum atomic E-state index is 0.490. The Bertz CT molecular complexity index is 815. The highest BCUT2D eigenvalue weighted by Crippen LogP contribution is 2.45. The highest BCUT2D eigenvalue weighted by Gasteiger charge is 2.41. The molecule has 2 aliphatic heterocycles. The minimum absolute atomic E-state index is 0.490. The summed E-state index contributed by atoms with van der Waals surface area (Å²) >= 11 is 0. The lowest BCUT2D eigenvalue weighted by atomic mass is 9.98. The number of aryl methyl sites for hydroxylation is 1. The fraction of sp³-hybridized carbons (Fsp3) is 0.524. The Kier molecular flexibility index (Phi) is 3.56. The summed E-state index contributed by atoms with van der Waals surface area (Å²) < 4.78 is 5.40. The van der Waals surface area contributed by atoms with E-state index >= 15 is 0 Å². The molecule has 130 valence electrons. The van der Waals surface area contributed by atoms with Crippen molar-refractivity contribution in [3.63, 3.8) is 0 Å². The summed E-state index contributed by atoms with van der Waals surface area (Å²) in [6, 6.07) is 7.68. The van der Waals surface area contributed by atoms with E-state index in [1.807, 2.05) is 0 Å². The van der Waals surface area contributed by atoms with Crippen LogP contribution in [0.3, 0.4) is 0 Å². The standard InChI is InChI=1S/C21H25N3O/c1-13-9-14(3-8-20(13)25-2)12-24-16-6-7-19(24)17-11-22-21(15-4-5-15)23-18(17)10-16/h3,8-9,11,15-16,19H,4-7,10,12H2,1-2H3. The quantitative estimate of drug-likeness (QED) is 0.848. The molecule has 2 bridgehead atoms. The van der Waals surface area contributed by atoms with E-state index < -0.39 is 0 Å². The van der Waals surface area contributed by atoms with Gasteiger partial charge in [-0.05, 0) is 49.8 Å². The Balaban J connectivity index is 1.41. The van der Waals surface area contributed by atoms with Gasteiger partial charge in [0.1, 0.15) is 11.6 Å². The van der Waals surface area contributed by atoms with Gasteiger partial charge < -0.3 is 4.74 Å². The zero-order chi connectivity index (χ0) is 17.0. The average molecular weight is 335 g/mol. The van der Waals surface area contributed by atoms with Gasteiger partial charge in [-0.2, -0.15) is 0 Å². The first-order valence-electron chi connectivity index (χ1n) is 9.48. The lowest BCUT2D eigenvalue weighted by Crippen LogP contribution is -2.37. The van der Waals surface area contributed by atoms with E-state index in [9.17, 15) is 0 Å². The maximum Gasteiger partial charge on any atom is 0.131 e. The smallest absolute Gasteiger partial charge is 0.131 e. The Labute approximate surface area is 149 Å². The van der Waals surface area contributed by atoms with Crippen molar-refractivity contribution < 1.29 is 4.74 Å². The maximum atomic E-state index is 5.40. The Hall–Kier alpha value is -1.94. The molecule has 0 N–H and O–H groups in total. The van der Waals surface area contributed by atoms with E-state index in [1.165, 1.54) is 48.1 Å². The highest BCUT2D eigenvalue weighted by atomic mass is 16.5. The van der Waals surface area contributed by atoms with E-state index in [4.69, 9.17) is 14.7 Å². The van der Waals surface area contributed by atoms with Gasteiger partial charge >= 0.3 is 0 Å². The number of methoxy groups -OCH3 is 1. The highest BCUT2D eigenvalue weighted by molar-refractivity contribution is 5.37. The second kappa shape index (κ2) is 5.80. The van der Waals surface area contributed by atoms with Crippen LogP contribution in [0.4, 0.5) is 0 Å². The largest absolute Gasteiger partial charge is 0.496 e. The fourth-order valence-electron chi connectivity index (χ4n) is 4.62. The van der Waals surface area contributed by atoms with Gasteiger partial charge in [-0.1, -0.05) is 12.1 Å². The summed E-state index contributed by atoms with van der Waals surface area (Å²) in [5, 5.41) is 0. The van der Waals surface area contributed by atoms with E-state index in [2.05, 4.69) is 36.2 Å². The molecule has 3 aliphatic rings. The Morgan fingerprint density at radius 1 is 1.20 bits per heavy atom. The number of nitrogens with zero attached hydrogens (tertiary/aromatic N) is 3. The third-order valence-corrected chi connectivity index (χ3v) is 6.12. The Morgan fingerprint density at radius 2 is 2.08 bits per heavy atom. The zero-order valence-corrected chi connectivity index (χ0v) is 15.0. The van der Waals surface area contributed by atoms with Crippen molar-refractivity contribution in [2.75, 3.05) is 7.11 Å². The lowest BCUT2D eigenvalue weighted by Gasteiger charge is -2.35. The van der Waals surface area contributed by atoms with Crippen molar-refractivity contribution >= 4 is 0 Å². The molecule has 2 aromatic rings. The van der Waals surface area contributed by atoms with Gasteiger partial charge in [0.2, 0.25) is 0 Å². The molecule has 0 radical (unpaired) electrons. The van der Waals surface area contributed by atoms with Crippen molar-refractivity contribution in [2.45, 2.75) is 63.6 Å². The SMILES string of the molecule is COc1ccc(CN2C3CCC2c2cnc(C4CC4)nc2C3)cc1C. The van der Waals surface area contributed by atoms with Crippen LogP contribution in [0.5, 0.6) is 5.75 Å². The molecule has 2 unspecified atom stereocenters. The minimum Gasteiger partial charge on any atom is -0.496 e. The topological polar surface area (TPSA) is 38.2 Å². The van der Waals surface area contributed by atoms with Gasteiger partial charge in [-0.3, -0.25) is 4.90 Å². The number of aromatic nitrogens is 2. The van der Waals surface area contributed by atoms with Gasteiger partial charge in [0.15, 0.2) is 0 Å². The molecule has 1 saturated heterocycles. The van der Waals surface area contributed by atoms with Crippen LogP contribution < -0.4 is 4.74 Å². The summed E-state index contributed by atoms with van der Waals surface area (Å²) in [6.45, 7) is 3.12. The first-order valence-corrected chi connectivity index (χ1v) is 9.48. The average Bonchev–Trinajstić information content (AvgIpc) is 3.42. The van der Waals surface area contributed by atoms with Crippen LogP contribution in [-0.2, 0) is 13.0 Å². The van der Waals surface area contributed by atoms with Crippen LogP contribution in [0.25, 0.3) is 0 Å². The first-order chi connectivity index (χ1) is 12.2. The van der Waals surface area contributed by atoms with Gasteiger partial charge in [-0.25, -0.2) is 9.97 Å². The van der Waals surface area contributed by atoms with E-state index in [0.717, 1.165) is 24.5 Å². The van der Waals surface area contributed by atoms with Gasteiger partial charge in [-0.15, -0.1) is 0 Å². The van der Waals surface area contributed by atoms with Crippen molar-refractivity contribution in [3.05, 3.63) is 52.6 Å². The predicted molar refractivity (Wildman–Crippen MR) is 96.7 cm³/mol. The molecule has 0 amide bonds. The van der Waals surface area contributed by atoms with Crippen LogP contribution in [0.1, 0.15) is 65.9 Å². The lowest BCUT2D eigenvalue weighted by molar-refractivity contribution is 0.166. The molecule has 25 heavy (non-hydrogen) atoms. The van der Waals surface area contributed by atoms with E-state index in [-0.39, 0.29) is 0 Å². The summed E-state index contributed by atoms with van der Waals surface area (Å²) in [5.74, 6) is 2.71. The molecule has 1 aromatic heterocycles. The van der Waals surface area contributed by atoms with Gasteiger partial charge in [0.05, 0.1) is 12.8 Å². The molecule has 1 aromatic carbocycles. The van der Waals surface area contributed by atoms with Crippen molar-refractivity contribution in [2.24, 2.45) is 0 Å². The van der Waals surface area contributed by atoms with Crippen LogP contribution in [0.2, 0.25) is 0 Å². The third-order valence-electron chi connectivity index (χ3n) is 6.12. The number of ether oxygens (including phenoxy) is 1. The fourth-order valence-corrected chi connectivity index (χ4v) is 4.62. The van der Waals surface area contributed by atoms with Crippen molar-refractivity contribution in [1.82, 2.24) is 14.9 Å². The second-order valence-corrected chi connectivity index (χ2v) is 7.83. The normalized spacial score (nSPS) is 25.0. The van der Waals surface area contributed by atoms with Gasteiger partial charge in [0.25, 0.3) is 0 Å². The molecule has 0 spiro atoms. The summed E-state index contributed by atoms with van der Waals surface area (Å²) in [4.78, 5) is 12.3. The molecule has 2 atom stereocenters.